The highest BCUT2D eigenvalue weighted by Gasteiger charge is 2.34. The van der Waals surface area contributed by atoms with E-state index in [1.165, 1.54) is 11.6 Å². The quantitative estimate of drug-likeness (QED) is 0.381. The fraction of sp³-hybridized carbons (Fsp3) is 0.464. The lowest BCUT2D eigenvalue weighted by molar-refractivity contribution is -0.0548. The molecule has 0 amide bonds. The molecule has 1 atom stereocenters. The third-order valence-corrected chi connectivity index (χ3v) is 6.77. The standard InChI is InChI=1S/C28H36FN3O3/c1-3-27-30-14-17-32(27)18-19-34-24-9-6-8-23(20-24)21-31-15-7-12-28(33-2,13-16-31)22-35-26-11-5-4-10-25(26)29/h4-6,8-11,14,17,20H,3,7,12-13,15-16,18-19,21-22H2,1-2H3. The Morgan fingerprint density at radius 1 is 1.06 bits per heavy atom. The number of hydrogen-bond acceptors (Lipinski definition) is 5. The van der Waals surface area contributed by atoms with Crippen molar-refractivity contribution in [1.29, 1.82) is 0 Å². The maximum Gasteiger partial charge on any atom is 0.165 e. The summed E-state index contributed by atoms with van der Waals surface area (Å²) in [6, 6.07) is 14.9. The van der Waals surface area contributed by atoms with Crippen LogP contribution >= 0.6 is 0 Å². The number of ether oxygens (including phenoxy) is 3. The van der Waals surface area contributed by atoms with Crippen LogP contribution in [0.15, 0.2) is 60.9 Å². The van der Waals surface area contributed by atoms with Gasteiger partial charge in [-0.15, -0.1) is 0 Å². The van der Waals surface area contributed by atoms with Crippen molar-refractivity contribution in [3.8, 4) is 11.5 Å². The minimum Gasteiger partial charge on any atom is -0.492 e. The number of imidazole rings is 1. The van der Waals surface area contributed by atoms with E-state index >= 15 is 0 Å². The van der Waals surface area contributed by atoms with Gasteiger partial charge in [0.05, 0.1) is 6.54 Å². The normalized spacial score (nSPS) is 18.8. The SMILES string of the molecule is CCc1nccn1CCOc1cccc(CN2CCCC(COc3ccccc3F)(OC)CC2)c1. The Morgan fingerprint density at radius 3 is 2.77 bits per heavy atom. The van der Waals surface area contributed by atoms with Gasteiger partial charge < -0.3 is 18.8 Å². The molecule has 1 aliphatic rings. The molecule has 2 aromatic carbocycles. The van der Waals surface area contributed by atoms with Gasteiger partial charge in [-0.05, 0) is 55.6 Å². The van der Waals surface area contributed by atoms with Crippen LogP contribution < -0.4 is 9.47 Å². The molecule has 0 radical (unpaired) electrons. The summed E-state index contributed by atoms with van der Waals surface area (Å²) < 4.78 is 33.9. The van der Waals surface area contributed by atoms with E-state index in [1.54, 1.807) is 25.3 Å². The summed E-state index contributed by atoms with van der Waals surface area (Å²) in [6.45, 7) is 6.57. The molecule has 35 heavy (non-hydrogen) atoms. The van der Waals surface area contributed by atoms with Crippen molar-refractivity contribution in [1.82, 2.24) is 14.5 Å². The second-order valence-electron chi connectivity index (χ2n) is 9.12. The van der Waals surface area contributed by atoms with Crippen LogP contribution in [0.5, 0.6) is 11.5 Å². The predicted molar refractivity (Wildman–Crippen MR) is 134 cm³/mol. The molecule has 7 heteroatoms. The van der Waals surface area contributed by atoms with Crippen LogP contribution in [0.1, 0.15) is 37.6 Å². The van der Waals surface area contributed by atoms with E-state index in [0.717, 1.165) is 63.4 Å². The molecule has 1 fully saturated rings. The Morgan fingerprint density at radius 2 is 1.94 bits per heavy atom. The Labute approximate surface area is 207 Å². The molecule has 0 aliphatic carbocycles. The number of methoxy groups -OCH3 is 1. The summed E-state index contributed by atoms with van der Waals surface area (Å²) >= 11 is 0. The first-order valence-corrected chi connectivity index (χ1v) is 12.5. The zero-order chi connectivity index (χ0) is 24.5. The second kappa shape index (κ2) is 12.2. The average Bonchev–Trinajstić information content (AvgIpc) is 3.24. The molecule has 4 rings (SSSR count). The lowest BCUT2D eigenvalue weighted by atomic mass is 9.95. The summed E-state index contributed by atoms with van der Waals surface area (Å²) in [5.41, 5.74) is 0.819. The van der Waals surface area contributed by atoms with Crippen molar-refractivity contribution in [2.24, 2.45) is 0 Å². The van der Waals surface area contributed by atoms with Crippen LogP contribution in [0.4, 0.5) is 4.39 Å². The maximum atomic E-state index is 14.0. The summed E-state index contributed by atoms with van der Waals surface area (Å²) in [6.07, 6.45) is 7.46. The van der Waals surface area contributed by atoms with Crippen molar-refractivity contribution in [2.75, 3.05) is 33.4 Å². The topological polar surface area (TPSA) is 48.8 Å². The fourth-order valence-electron chi connectivity index (χ4n) is 4.67. The summed E-state index contributed by atoms with van der Waals surface area (Å²) in [5, 5.41) is 0. The Hall–Kier alpha value is -2.90. The lowest BCUT2D eigenvalue weighted by Crippen LogP contribution is -2.39. The molecular weight excluding hydrogens is 445 g/mol. The largest absolute Gasteiger partial charge is 0.492 e. The monoisotopic (exact) mass is 481 g/mol. The molecule has 0 N–H and O–H groups in total. The van der Waals surface area contributed by atoms with Gasteiger partial charge in [0.2, 0.25) is 0 Å². The highest BCUT2D eigenvalue weighted by atomic mass is 19.1. The summed E-state index contributed by atoms with van der Waals surface area (Å²) in [5.74, 6) is 1.91. The third kappa shape index (κ3) is 6.83. The molecule has 3 aromatic rings. The fourth-order valence-corrected chi connectivity index (χ4v) is 4.67. The molecule has 1 aliphatic heterocycles. The maximum absolute atomic E-state index is 14.0. The molecule has 6 nitrogen and oxygen atoms in total. The number of nitrogens with zero attached hydrogens (tertiary/aromatic N) is 3. The van der Waals surface area contributed by atoms with Crippen LogP contribution in [-0.2, 0) is 24.2 Å². The number of hydrogen-bond donors (Lipinski definition) is 0. The lowest BCUT2D eigenvalue weighted by Gasteiger charge is -2.31. The molecule has 1 saturated heterocycles. The van der Waals surface area contributed by atoms with E-state index in [1.807, 2.05) is 18.5 Å². The van der Waals surface area contributed by atoms with E-state index in [9.17, 15) is 4.39 Å². The van der Waals surface area contributed by atoms with Gasteiger partial charge in [-0.3, -0.25) is 4.90 Å². The number of halogens is 1. The predicted octanol–water partition coefficient (Wildman–Crippen LogP) is 5.11. The van der Waals surface area contributed by atoms with Crippen LogP contribution in [0.25, 0.3) is 0 Å². The number of aryl methyl sites for hydroxylation is 1. The van der Waals surface area contributed by atoms with Gasteiger partial charge in [0, 0.05) is 39.0 Å². The van der Waals surface area contributed by atoms with E-state index in [4.69, 9.17) is 14.2 Å². The van der Waals surface area contributed by atoms with E-state index in [0.29, 0.717) is 13.2 Å². The van der Waals surface area contributed by atoms with Gasteiger partial charge in [-0.1, -0.05) is 31.2 Å². The zero-order valence-corrected chi connectivity index (χ0v) is 20.8. The second-order valence-corrected chi connectivity index (χ2v) is 9.12. The number of para-hydroxylation sites is 1. The number of benzene rings is 2. The first-order chi connectivity index (χ1) is 17.1. The number of rotatable bonds is 11. The smallest absolute Gasteiger partial charge is 0.165 e. The molecule has 1 unspecified atom stereocenters. The van der Waals surface area contributed by atoms with Gasteiger partial charge >= 0.3 is 0 Å². The molecule has 0 saturated carbocycles. The minimum atomic E-state index is -0.410. The van der Waals surface area contributed by atoms with E-state index in [-0.39, 0.29) is 11.6 Å². The zero-order valence-electron chi connectivity index (χ0n) is 20.8. The van der Waals surface area contributed by atoms with Crippen molar-refractivity contribution < 1.29 is 18.6 Å². The first kappa shape index (κ1) is 25.2. The molecule has 2 heterocycles. The molecular formula is C28H36FN3O3. The molecule has 188 valence electrons. The molecule has 1 aromatic heterocycles. The van der Waals surface area contributed by atoms with Crippen molar-refractivity contribution in [2.45, 2.75) is 51.3 Å². The molecule has 0 bridgehead atoms. The Kier molecular flexibility index (Phi) is 8.77. The van der Waals surface area contributed by atoms with Crippen molar-refractivity contribution in [3.05, 3.63) is 78.1 Å². The van der Waals surface area contributed by atoms with Gasteiger partial charge in [-0.2, -0.15) is 0 Å². The van der Waals surface area contributed by atoms with Crippen LogP contribution in [-0.4, -0.2) is 53.5 Å². The first-order valence-electron chi connectivity index (χ1n) is 12.5. The average molecular weight is 482 g/mol. The molecule has 0 spiro atoms. The van der Waals surface area contributed by atoms with Gasteiger partial charge in [-0.25, -0.2) is 9.37 Å². The third-order valence-electron chi connectivity index (χ3n) is 6.77. The minimum absolute atomic E-state index is 0.279. The Balaban J connectivity index is 1.29. The number of aromatic nitrogens is 2. The summed E-state index contributed by atoms with van der Waals surface area (Å²) in [7, 11) is 1.73. The highest BCUT2D eigenvalue weighted by molar-refractivity contribution is 5.28. The summed E-state index contributed by atoms with van der Waals surface area (Å²) in [4.78, 5) is 6.81. The highest BCUT2D eigenvalue weighted by Crippen LogP contribution is 2.29. The van der Waals surface area contributed by atoms with Crippen LogP contribution in [0, 0.1) is 5.82 Å². The number of likely N-dealkylation sites (tertiary alicyclic amines) is 1. The van der Waals surface area contributed by atoms with Crippen molar-refractivity contribution >= 4 is 0 Å². The van der Waals surface area contributed by atoms with E-state index < -0.39 is 5.60 Å². The van der Waals surface area contributed by atoms with Crippen molar-refractivity contribution in [3.63, 3.8) is 0 Å². The van der Waals surface area contributed by atoms with Gasteiger partial charge in [0.15, 0.2) is 11.6 Å². The van der Waals surface area contributed by atoms with Crippen LogP contribution in [0.3, 0.4) is 0 Å². The Bertz CT molecular complexity index is 1070. The van der Waals surface area contributed by atoms with Gasteiger partial charge in [0.25, 0.3) is 0 Å². The van der Waals surface area contributed by atoms with Crippen LogP contribution in [0.2, 0.25) is 0 Å². The van der Waals surface area contributed by atoms with E-state index in [2.05, 4.69) is 39.6 Å². The van der Waals surface area contributed by atoms with Gasteiger partial charge in [0.1, 0.15) is 30.4 Å².